The molecule has 0 rings (SSSR count). The van der Waals surface area contributed by atoms with E-state index in [9.17, 15) is 9.36 Å². The highest BCUT2D eigenvalue weighted by atomic mass is 31.1. The molecule has 3 nitrogen and oxygen atoms in total. The number of Topliss-reactive ketones (excluding diaryl/α,β-unsaturated/α-hetero) is 1. The molecule has 0 radical (unpaired) electrons. The highest BCUT2D eigenvalue weighted by Crippen LogP contribution is 2.20. The van der Waals surface area contributed by atoms with Gasteiger partial charge in [0.15, 0.2) is 8.03 Å². The van der Waals surface area contributed by atoms with Gasteiger partial charge in [0, 0.05) is 19.7 Å². The molecule has 0 aliphatic heterocycles. The van der Waals surface area contributed by atoms with Gasteiger partial charge in [-0.05, 0) is 6.92 Å². The van der Waals surface area contributed by atoms with Crippen molar-refractivity contribution < 1.29 is 13.9 Å². The molecule has 9 heavy (non-hydrogen) atoms. The summed E-state index contributed by atoms with van der Waals surface area (Å²) in [5, 5.41) is 0. The van der Waals surface area contributed by atoms with E-state index in [-0.39, 0.29) is 5.78 Å². The molecule has 0 fully saturated rings. The van der Waals surface area contributed by atoms with Crippen molar-refractivity contribution in [3.63, 3.8) is 0 Å². The second-order valence-corrected chi connectivity index (χ2v) is 3.43. The predicted octanol–water partition coefficient (Wildman–Crippen LogP) is 1.09. The summed E-state index contributed by atoms with van der Waals surface area (Å²) >= 11 is 0. The zero-order chi connectivity index (χ0) is 7.28. The van der Waals surface area contributed by atoms with E-state index in [1.807, 2.05) is 0 Å². The first-order valence-electron chi connectivity index (χ1n) is 2.73. The first-order valence-corrected chi connectivity index (χ1v) is 4.25. The van der Waals surface area contributed by atoms with Gasteiger partial charge in [0.25, 0.3) is 0 Å². The van der Waals surface area contributed by atoms with Gasteiger partial charge in [0.05, 0.1) is 0 Å². The van der Waals surface area contributed by atoms with Gasteiger partial charge in [0.1, 0.15) is 5.78 Å². The lowest BCUT2D eigenvalue weighted by atomic mass is 10.4. The van der Waals surface area contributed by atoms with Crippen LogP contribution in [-0.4, -0.2) is 19.1 Å². The minimum Gasteiger partial charge on any atom is -0.334 e. The van der Waals surface area contributed by atoms with Crippen molar-refractivity contribution in [2.45, 2.75) is 13.3 Å². The largest absolute Gasteiger partial charge is 0.334 e. The molecule has 1 atom stereocenters. The summed E-state index contributed by atoms with van der Waals surface area (Å²) in [4.78, 5) is 10.3. The smallest absolute Gasteiger partial charge is 0.191 e. The van der Waals surface area contributed by atoms with E-state index < -0.39 is 8.03 Å². The van der Waals surface area contributed by atoms with Crippen LogP contribution in [0.3, 0.4) is 0 Å². The lowest BCUT2D eigenvalue weighted by Gasteiger charge is -1.94. The summed E-state index contributed by atoms with van der Waals surface area (Å²) in [6.07, 6.45) is 0.752. The first kappa shape index (κ1) is 8.86. The summed E-state index contributed by atoms with van der Waals surface area (Å²) in [5.74, 6) is 0.0606. The molecule has 0 spiro atoms. The van der Waals surface area contributed by atoms with E-state index in [2.05, 4.69) is 4.52 Å². The maximum Gasteiger partial charge on any atom is 0.191 e. The van der Waals surface area contributed by atoms with Crippen molar-refractivity contribution in [1.82, 2.24) is 0 Å². The number of carbonyl (C=O) groups excluding carboxylic acids is 1. The van der Waals surface area contributed by atoms with Crippen molar-refractivity contribution in [2.24, 2.45) is 0 Å². The van der Waals surface area contributed by atoms with Crippen LogP contribution in [0.25, 0.3) is 0 Å². The van der Waals surface area contributed by atoms with Gasteiger partial charge in [-0.25, -0.2) is 0 Å². The fourth-order valence-electron chi connectivity index (χ4n) is 0.380. The maximum absolute atomic E-state index is 10.5. The third kappa shape index (κ3) is 5.74. The van der Waals surface area contributed by atoms with Crippen molar-refractivity contribution >= 4 is 13.8 Å². The molecule has 0 aromatic carbocycles. The second-order valence-electron chi connectivity index (χ2n) is 1.78. The van der Waals surface area contributed by atoms with E-state index in [4.69, 9.17) is 0 Å². The highest BCUT2D eigenvalue weighted by molar-refractivity contribution is 7.39. The Morgan fingerprint density at radius 3 is 2.56 bits per heavy atom. The van der Waals surface area contributed by atoms with E-state index in [1.54, 1.807) is 0 Å². The van der Waals surface area contributed by atoms with Crippen LogP contribution in [-0.2, 0) is 13.9 Å². The van der Waals surface area contributed by atoms with Crippen LogP contribution in [0, 0.1) is 0 Å². The summed E-state index contributed by atoms with van der Waals surface area (Å²) in [7, 11) is -0.505. The average molecular weight is 150 g/mol. The Bertz CT molecular complexity index is 121. The minimum absolute atomic E-state index is 0.0606. The maximum atomic E-state index is 10.5. The number of hydrogen-bond acceptors (Lipinski definition) is 3. The summed E-state index contributed by atoms with van der Waals surface area (Å²) in [5.41, 5.74) is 0. The van der Waals surface area contributed by atoms with Gasteiger partial charge in [-0.2, -0.15) is 0 Å². The van der Waals surface area contributed by atoms with Gasteiger partial charge >= 0.3 is 0 Å². The third-order valence-corrected chi connectivity index (χ3v) is 2.02. The molecule has 0 aliphatic carbocycles. The van der Waals surface area contributed by atoms with Crippen LogP contribution in [0.1, 0.15) is 13.3 Å². The Kier molecular flexibility index (Phi) is 4.64. The Hall–Kier alpha value is -0.140. The van der Waals surface area contributed by atoms with Gasteiger partial charge in [-0.1, -0.05) is 0 Å². The van der Waals surface area contributed by atoms with E-state index in [1.165, 1.54) is 14.0 Å². The number of hydrogen-bond donors (Lipinski definition) is 0. The van der Waals surface area contributed by atoms with Crippen LogP contribution in [0.4, 0.5) is 0 Å². The Morgan fingerprint density at radius 1 is 1.67 bits per heavy atom. The highest BCUT2D eigenvalue weighted by Gasteiger charge is 1.98. The van der Waals surface area contributed by atoms with E-state index >= 15 is 0 Å². The quantitative estimate of drug-likeness (QED) is 0.563. The monoisotopic (exact) mass is 150 g/mol. The molecule has 0 N–H and O–H groups in total. The van der Waals surface area contributed by atoms with Crippen molar-refractivity contribution in [2.75, 3.05) is 13.3 Å². The fraction of sp³-hybridized carbons (Fsp3) is 0.800. The van der Waals surface area contributed by atoms with Gasteiger partial charge in [-0.15, -0.1) is 0 Å². The van der Waals surface area contributed by atoms with Crippen LogP contribution >= 0.6 is 8.03 Å². The molecule has 1 unspecified atom stereocenters. The Balaban J connectivity index is 3.28. The van der Waals surface area contributed by atoms with Crippen LogP contribution in [0.2, 0.25) is 0 Å². The molecule has 0 saturated heterocycles. The summed E-state index contributed by atoms with van der Waals surface area (Å²) in [6, 6.07) is 0. The third-order valence-electron chi connectivity index (χ3n) is 0.909. The van der Waals surface area contributed by atoms with Crippen LogP contribution < -0.4 is 0 Å². The van der Waals surface area contributed by atoms with Crippen molar-refractivity contribution in [3.05, 3.63) is 0 Å². The molecule has 54 valence electrons. The Labute approximate surface area is 55.3 Å². The van der Waals surface area contributed by atoms with E-state index in [0.717, 1.165) is 0 Å². The predicted molar refractivity (Wildman–Crippen MR) is 36.2 cm³/mol. The molecule has 0 heterocycles. The summed E-state index contributed by atoms with van der Waals surface area (Å²) < 4.78 is 15.0. The van der Waals surface area contributed by atoms with Gasteiger partial charge in [-0.3, -0.25) is 4.57 Å². The molecular weight excluding hydrogens is 139 g/mol. The fourth-order valence-corrected chi connectivity index (χ4v) is 1.14. The first-order chi connectivity index (χ1) is 4.16. The lowest BCUT2D eigenvalue weighted by Crippen LogP contribution is -1.91. The summed E-state index contributed by atoms with van der Waals surface area (Å²) in [6.45, 7) is 1.48. The molecule has 0 aromatic rings. The standard InChI is InChI=1S/C5H11O3P/c1-5(6)3-4-9(7)8-2/h9H,3-4H2,1-2H3. The average Bonchev–Trinajstić information content (AvgIpc) is 1.83. The van der Waals surface area contributed by atoms with Gasteiger partial charge < -0.3 is 9.32 Å². The van der Waals surface area contributed by atoms with Gasteiger partial charge in [0.2, 0.25) is 0 Å². The molecule has 0 saturated carbocycles. The molecule has 0 aromatic heterocycles. The van der Waals surface area contributed by atoms with Crippen LogP contribution in [0.5, 0.6) is 0 Å². The molecule has 0 bridgehead atoms. The number of carbonyl (C=O) groups is 1. The van der Waals surface area contributed by atoms with Crippen molar-refractivity contribution in [3.8, 4) is 0 Å². The van der Waals surface area contributed by atoms with Crippen LogP contribution in [0.15, 0.2) is 0 Å². The molecule has 0 amide bonds. The topological polar surface area (TPSA) is 43.4 Å². The molecule has 0 aliphatic rings. The number of rotatable bonds is 4. The molecule has 4 heteroatoms. The lowest BCUT2D eigenvalue weighted by molar-refractivity contribution is -0.116. The van der Waals surface area contributed by atoms with E-state index in [0.29, 0.717) is 12.6 Å². The SMILES string of the molecule is CO[PH](=O)CCC(C)=O. The normalized spacial score (nSPS) is 13.1. The second kappa shape index (κ2) is 4.71. The van der Waals surface area contributed by atoms with Crippen molar-refractivity contribution in [1.29, 1.82) is 0 Å². The zero-order valence-electron chi connectivity index (χ0n) is 5.64. The Morgan fingerprint density at radius 2 is 2.22 bits per heavy atom. The zero-order valence-corrected chi connectivity index (χ0v) is 6.64. The number of ketones is 1. The minimum atomic E-state index is -1.89. The molecular formula is C5H11O3P.